The number of anilines is 4. The van der Waals surface area contributed by atoms with Gasteiger partial charge in [0.25, 0.3) is 22.6 Å². The molecule has 17 rings (SSSR count). The average molecular weight is 2120 g/mol. The van der Waals surface area contributed by atoms with E-state index in [1.54, 1.807) is 39.8 Å². The minimum absolute atomic E-state index is 0.0462. The maximum atomic E-state index is 15.0. The summed E-state index contributed by atoms with van der Waals surface area (Å²) in [5.41, 5.74) is 19.2. The molecule has 776 valence electrons. The Morgan fingerprint density at radius 3 is 1.08 bits per heavy atom. The van der Waals surface area contributed by atoms with Gasteiger partial charge in [-0.1, -0.05) is 0 Å². The first-order valence-corrected chi connectivity index (χ1v) is 49.9. The Morgan fingerprint density at radius 2 is 0.713 bits per heavy atom. The number of fused-ring (bicyclic) bond motifs is 3. The molecule has 29 atom stereocenters. The number of aliphatic hydroxyl groups is 3. The quantitative estimate of drug-likeness (QED) is 0.0162. The number of nitrogens with two attached hydrogens (primary N) is 4. The van der Waals surface area contributed by atoms with E-state index >= 15 is 0 Å². The predicted molar refractivity (Wildman–Crippen MR) is 471 cm³/mol. The first-order chi connectivity index (χ1) is 67.8. The van der Waals surface area contributed by atoms with Crippen molar-refractivity contribution in [1.29, 1.82) is 0 Å². The molecule has 0 saturated carbocycles. The molecule has 6 aliphatic heterocycles. The van der Waals surface area contributed by atoms with Crippen LogP contribution in [0, 0.1) is 27.7 Å². The van der Waals surface area contributed by atoms with Gasteiger partial charge < -0.3 is 115 Å². The molecule has 71 heteroatoms. The molecule has 19 N–H and O–H groups in total. The van der Waals surface area contributed by atoms with Crippen molar-refractivity contribution >= 4 is 96.1 Å². The van der Waals surface area contributed by atoms with E-state index in [1.165, 1.54) is 20.3 Å². The molecule has 6 fully saturated rings. The third-order valence-electron chi connectivity index (χ3n) is 23.5. The fourth-order valence-corrected chi connectivity index (χ4v) is 22.0. The normalized spacial score (nSPS) is 30.0. The average Bonchev–Trinajstić information content (AvgIpc) is 1.59. The van der Waals surface area contributed by atoms with Crippen molar-refractivity contribution in [2.45, 2.75) is 175 Å². The van der Waals surface area contributed by atoms with Gasteiger partial charge in [-0.3, -0.25) is 102 Å². The van der Waals surface area contributed by atoms with Crippen LogP contribution in [0.25, 0.3) is 45.3 Å². The zero-order valence-corrected chi connectivity index (χ0v) is 80.1. The standard InChI is InChI=1S/C72H93N26O40P5/c1-27-16-29(3)97(89-27)58-40-55(85-69(86-58)98-30(4)17-28(2)90-98)94(24-77-40)61-44(102)43(101)32(129-61)19-123-139(108,109)135-46-33(130-63(51(46)119-6)91-13-10-37(73)80-70(91)105)20-125-142(114,115)138-49-36(133-66(54(49)122-9)96-26-79-42-57(96)84-68(76)88-60(42)104)23-127-141(112,113)136-47-34(131-64(52(47)120-7)92-14-11-38(74)81-71(92)106)21-126-143(116,117)137-48-35(132-65(53(48)121-8)95-25-78-41-56(95)83-67(75)87-59(41)103)22-124-140(110,111)134-45-31(18-99)128-62(50(45)118-5)93-15-12-39(100)82-72(93)107/h10-17,24-26,31-36,43-54,61-66,99,101-102H,18-23H2,1-9H3,(H,108,109)(H,110,111)(H,112,113)(H,114,115)(H,116,117)(H2,73,80,105)(H2,74,81,106)(H,82,100,107)(H3,75,83,87,103)(H3,76,84,88,104)/t31-,32-,33-,34-,35-,36-,43-,44-,45-,46-,47-,48-,49-,50-,51-,52-,53-,54-,61-,62-,63-,64-,65-,66-/m1/s1. The van der Waals surface area contributed by atoms with Crippen molar-refractivity contribution in [1.82, 2.24) is 107 Å². The van der Waals surface area contributed by atoms with Crippen LogP contribution >= 0.6 is 39.1 Å². The summed E-state index contributed by atoms with van der Waals surface area (Å²) >= 11 is 0. The van der Waals surface area contributed by atoms with E-state index in [2.05, 4.69) is 55.1 Å². The second kappa shape index (κ2) is 41.0. The molecule has 143 heavy (non-hydrogen) atoms. The fourth-order valence-electron chi connectivity index (χ4n) is 17.2. The van der Waals surface area contributed by atoms with Crippen LogP contribution in [0.5, 0.6) is 0 Å². The molecule has 0 aromatic carbocycles. The molecule has 6 aliphatic rings. The van der Waals surface area contributed by atoms with Gasteiger partial charge in [-0.05, 0) is 52.0 Å². The lowest BCUT2D eigenvalue weighted by Crippen LogP contribution is -2.40. The highest BCUT2D eigenvalue weighted by Crippen LogP contribution is 2.58. The number of nitrogens with zero attached hydrogens (tertiary/aromatic N) is 19. The Bertz CT molecular complexity index is 7240. The van der Waals surface area contributed by atoms with Crippen LogP contribution in [-0.4, -0.2) is 332 Å². The number of H-pyrrole nitrogens is 3. The molecule has 11 aromatic heterocycles. The number of nitrogen functional groups attached to an aromatic ring is 4. The topological polar surface area (TPSA) is 876 Å². The first-order valence-electron chi connectivity index (χ1n) is 42.4. The lowest BCUT2D eigenvalue weighted by Gasteiger charge is -2.28. The van der Waals surface area contributed by atoms with E-state index in [0.29, 0.717) is 22.8 Å². The van der Waals surface area contributed by atoms with Crippen LogP contribution in [0.2, 0.25) is 0 Å². The number of phosphoric ester groups is 5. The number of methoxy groups -OCH3 is 5. The second-order valence-corrected chi connectivity index (χ2v) is 39.8. The number of ether oxygens (including phenoxy) is 11. The molecule has 5 unspecified atom stereocenters. The van der Waals surface area contributed by atoms with Gasteiger partial charge in [0.15, 0.2) is 76.7 Å². The number of nitrogens with one attached hydrogen (secondary N) is 3. The summed E-state index contributed by atoms with van der Waals surface area (Å²) < 4.78 is 204. The minimum atomic E-state index is -5.95. The van der Waals surface area contributed by atoms with Crippen molar-refractivity contribution in [2.24, 2.45) is 0 Å². The molecule has 17 heterocycles. The number of imidazole rings is 3. The van der Waals surface area contributed by atoms with Gasteiger partial charge in [-0.25, -0.2) is 61.5 Å². The molecule has 0 aliphatic carbocycles. The van der Waals surface area contributed by atoms with Crippen LogP contribution < -0.4 is 56.7 Å². The van der Waals surface area contributed by atoms with Gasteiger partial charge in [0.2, 0.25) is 11.9 Å². The monoisotopic (exact) mass is 2120 g/mol. The number of rotatable bonds is 39. The Balaban J connectivity index is 0.617. The molecular weight excluding hydrogens is 2020 g/mol. The van der Waals surface area contributed by atoms with Crippen molar-refractivity contribution in [3.63, 3.8) is 0 Å². The van der Waals surface area contributed by atoms with Gasteiger partial charge in [0, 0.05) is 71.6 Å². The zero-order chi connectivity index (χ0) is 102. The van der Waals surface area contributed by atoms with Crippen molar-refractivity contribution in [3.8, 4) is 11.8 Å². The zero-order valence-electron chi connectivity index (χ0n) is 75.6. The second-order valence-electron chi connectivity index (χ2n) is 32.7. The summed E-state index contributed by atoms with van der Waals surface area (Å²) in [4.78, 5) is 182. The van der Waals surface area contributed by atoms with E-state index in [4.69, 9.17) is 130 Å². The third kappa shape index (κ3) is 21.1. The Hall–Kier alpha value is -10.7. The third-order valence-corrected chi connectivity index (χ3v) is 28.4. The van der Waals surface area contributed by atoms with Crippen molar-refractivity contribution in [3.05, 3.63) is 153 Å². The Labute approximate surface area is 797 Å². The van der Waals surface area contributed by atoms with E-state index in [9.17, 15) is 91.4 Å². The smallest absolute Gasteiger partial charge is 0.394 e. The van der Waals surface area contributed by atoms with E-state index in [-0.39, 0.29) is 56.9 Å². The summed E-state index contributed by atoms with van der Waals surface area (Å²) in [5, 5.41) is 42.8. The van der Waals surface area contributed by atoms with E-state index in [1.807, 2.05) is 4.98 Å². The van der Waals surface area contributed by atoms with Crippen LogP contribution in [-0.2, 0) is 120 Å². The number of hydrogen-bond donors (Lipinski definition) is 15. The van der Waals surface area contributed by atoms with Gasteiger partial charge in [0.1, 0.15) is 122 Å². The lowest BCUT2D eigenvalue weighted by molar-refractivity contribution is -0.0675. The molecule has 11 aromatic rings. The molecule has 6 saturated heterocycles. The maximum absolute atomic E-state index is 15.0. The largest absolute Gasteiger partial charge is 0.472 e. The van der Waals surface area contributed by atoms with Gasteiger partial charge in [-0.15, -0.1) is 0 Å². The van der Waals surface area contributed by atoms with Crippen LogP contribution in [0.1, 0.15) is 60.1 Å². The van der Waals surface area contributed by atoms with Crippen LogP contribution in [0.15, 0.2) is 96.7 Å². The number of aromatic amines is 3. The Morgan fingerprint density at radius 1 is 0.385 bits per heavy atom. The van der Waals surface area contributed by atoms with E-state index in [0.717, 1.165) is 108 Å². The van der Waals surface area contributed by atoms with Crippen LogP contribution in [0.3, 0.4) is 0 Å². The summed E-state index contributed by atoms with van der Waals surface area (Å²) in [6.45, 7) is 0.00915. The van der Waals surface area contributed by atoms with Crippen molar-refractivity contribution < 1.29 is 160 Å². The molecular formula is C72H93N26O40P5. The Kier molecular flexibility index (Phi) is 29.7. The number of aryl methyl sites for hydroxylation is 4. The number of phosphoric acid groups is 5. The number of aliphatic hydroxyl groups excluding tert-OH is 3. The first kappa shape index (κ1) is 104. The molecule has 0 bridgehead atoms. The van der Waals surface area contributed by atoms with Gasteiger partial charge in [0.05, 0.1) is 70.0 Å². The minimum Gasteiger partial charge on any atom is -0.394 e. The number of aromatic nitrogens is 22. The summed E-state index contributed by atoms with van der Waals surface area (Å²) in [7, 11) is -23.8. The maximum Gasteiger partial charge on any atom is 0.472 e. The predicted octanol–water partition coefficient (Wildman–Crippen LogP) is -4.22. The van der Waals surface area contributed by atoms with Gasteiger partial charge >= 0.3 is 56.2 Å². The molecule has 66 nitrogen and oxygen atoms in total. The summed E-state index contributed by atoms with van der Waals surface area (Å²) in [6, 6.07) is 6.80. The summed E-state index contributed by atoms with van der Waals surface area (Å²) in [5.74, 6) is -1.28. The molecule has 0 spiro atoms. The highest BCUT2D eigenvalue weighted by molar-refractivity contribution is 7.48. The molecule has 0 amide bonds. The SMILES string of the molecule is CO[C@@H]1[C@H](OP(=O)(O)OC[C@H]2O[C@@H](n3cnc4c(-n5nc(C)cc5C)nc(-n5nc(C)cc5C)nc43)[C@H](O)[C@@H]2O)[C@@H](COP(=O)(O)O[C@H]2[C@@H](OC)[C@H](n3cnc4c(=O)[nH]c(N)nc43)O[C@@H]2COP(=O)(O)O[C@H]2[C@@H](OC)[C@H](n3ccc(N)nc3=O)O[C@@H]2COP(=O)(O)O[C@H]2[C@@H](OC)[C@H](n3cnc4c(=O)[nH]c(N)nc43)O[C@@H]2COP(=O)(O)O[C@H]2[C@@H](OC)[C@H](n3ccc(=O)[nH]c3=O)O[C@@H]2CO)O[C@H]1n1ccc(N)nc1=O. The van der Waals surface area contributed by atoms with E-state index < -0.39 is 272 Å². The van der Waals surface area contributed by atoms with Crippen LogP contribution in [0.4, 0.5) is 23.5 Å². The highest BCUT2D eigenvalue weighted by Gasteiger charge is 2.59. The van der Waals surface area contributed by atoms with Crippen molar-refractivity contribution in [2.75, 3.05) is 98.1 Å². The highest BCUT2D eigenvalue weighted by atomic mass is 31.2. The number of hydrogen-bond acceptors (Lipinski definition) is 50. The lowest BCUT2D eigenvalue weighted by atomic mass is 10.1. The van der Waals surface area contributed by atoms with Gasteiger partial charge in [-0.2, -0.15) is 40.1 Å². The fraction of sp³-hybridized carbons (Fsp3) is 0.542. The molecule has 0 radical (unpaired) electrons. The summed E-state index contributed by atoms with van der Waals surface area (Å²) in [6.07, 6.45) is -37.3.